The number of benzene rings is 2. The molecule has 0 aliphatic heterocycles. The predicted molar refractivity (Wildman–Crippen MR) is 107 cm³/mol. The van der Waals surface area contributed by atoms with E-state index in [4.69, 9.17) is 4.74 Å². The fourth-order valence-electron chi connectivity index (χ4n) is 2.43. The van der Waals surface area contributed by atoms with Gasteiger partial charge in [0.2, 0.25) is 0 Å². The molecule has 0 spiro atoms. The minimum atomic E-state index is -0.196. The van der Waals surface area contributed by atoms with E-state index in [-0.39, 0.29) is 5.82 Å². The van der Waals surface area contributed by atoms with Gasteiger partial charge in [-0.2, -0.15) is 0 Å². The fraction of sp³-hybridized carbons (Fsp3) is 0.350. The van der Waals surface area contributed by atoms with E-state index in [0.29, 0.717) is 13.2 Å². The first kappa shape index (κ1) is 20.3. The summed E-state index contributed by atoms with van der Waals surface area (Å²) < 4.78 is 18.1. The molecule has 0 saturated heterocycles. The summed E-state index contributed by atoms with van der Waals surface area (Å²) in [6.45, 7) is 2.13. The number of ether oxygens (including phenoxy) is 1. The van der Waals surface area contributed by atoms with Crippen molar-refractivity contribution in [3.8, 4) is 0 Å². The van der Waals surface area contributed by atoms with Crippen molar-refractivity contribution >= 4 is 17.7 Å². The number of halogens is 1. The highest BCUT2D eigenvalue weighted by molar-refractivity contribution is 7.99. The molecule has 0 saturated carbocycles. The van der Waals surface area contributed by atoms with Crippen LogP contribution in [0.25, 0.3) is 0 Å². The van der Waals surface area contributed by atoms with Crippen LogP contribution < -0.4 is 10.6 Å². The SMILES string of the molecule is CN=C(NCCCSc1ccc(F)cc1)NCc1ccccc1COC. The van der Waals surface area contributed by atoms with Gasteiger partial charge in [0, 0.05) is 32.1 Å². The van der Waals surface area contributed by atoms with E-state index in [9.17, 15) is 4.39 Å². The number of nitrogens with zero attached hydrogens (tertiary/aromatic N) is 1. The Morgan fingerprint density at radius 2 is 1.81 bits per heavy atom. The third kappa shape index (κ3) is 7.06. The van der Waals surface area contributed by atoms with Crippen LogP contribution in [0.1, 0.15) is 17.5 Å². The topological polar surface area (TPSA) is 45.7 Å². The van der Waals surface area contributed by atoms with Crippen LogP contribution in [-0.4, -0.2) is 32.4 Å². The second-order valence-electron chi connectivity index (χ2n) is 5.71. The number of hydrogen-bond donors (Lipinski definition) is 2. The van der Waals surface area contributed by atoms with Crippen LogP contribution in [0.4, 0.5) is 4.39 Å². The van der Waals surface area contributed by atoms with E-state index < -0.39 is 0 Å². The number of nitrogens with one attached hydrogen (secondary N) is 2. The van der Waals surface area contributed by atoms with Gasteiger partial charge in [-0.05, 0) is 47.6 Å². The lowest BCUT2D eigenvalue weighted by molar-refractivity contribution is 0.184. The summed E-state index contributed by atoms with van der Waals surface area (Å²) in [5.74, 6) is 1.55. The van der Waals surface area contributed by atoms with E-state index in [1.54, 1.807) is 25.9 Å². The number of hydrogen-bond acceptors (Lipinski definition) is 3. The van der Waals surface area contributed by atoms with Gasteiger partial charge in [-0.1, -0.05) is 24.3 Å². The van der Waals surface area contributed by atoms with Crippen LogP contribution in [-0.2, 0) is 17.9 Å². The molecule has 0 atom stereocenters. The standard InChI is InChI=1S/C20H26FN3OS/c1-22-20(24-14-16-6-3-4-7-17(16)15-25-2)23-12-5-13-26-19-10-8-18(21)9-11-19/h3-4,6-11H,5,12-15H2,1-2H3,(H2,22,23,24). The van der Waals surface area contributed by atoms with Gasteiger partial charge in [-0.25, -0.2) is 4.39 Å². The van der Waals surface area contributed by atoms with E-state index in [2.05, 4.69) is 27.8 Å². The molecule has 2 N–H and O–H groups in total. The average molecular weight is 376 g/mol. The van der Waals surface area contributed by atoms with E-state index >= 15 is 0 Å². The molecule has 0 heterocycles. The molecular formula is C20H26FN3OS. The molecule has 140 valence electrons. The zero-order valence-corrected chi connectivity index (χ0v) is 16.1. The maximum Gasteiger partial charge on any atom is 0.191 e. The third-order valence-corrected chi connectivity index (χ3v) is 4.88. The van der Waals surface area contributed by atoms with Gasteiger partial charge in [0.15, 0.2) is 5.96 Å². The Morgan fingerprint density at radius 1 is 1.08 bits per heavy atom. The maximum absolute atomic E-state index is 12.9. The van der Waals surface area contributed by atoms with Crippen molar-refractivity contribution in [3.05, 3.63) is 65.5 Å². The lowest BCUT2D eigenvalue weighted by Gasteiger charge is -2.14. The highest BCUT2D eigenvalue weighted by atomic mass is 32.2. The molecule has 0 aliphatic carbocycles. The predicted octanol–water partition coefficient (Wildman–Crippen LogP) is 3.82. The van der Waals surface area contributed by atoms with Crippen molar-refractivity contribution < 1.29 is 9.13 Å². The van der Waals surface area contributed by atoms with Gasteiger partial charge in [0.25, 0.3) is 0 Å². The molecule has 0 fully saturated rings. The number of rotatable bonds is 9. The monoisotopic (exact) mass is 375 g/mol. The molecule has 4 nitrogen and oxygen atoms in total. The average Bonchev–Trinajstić information content (AvgIpc) is 2.67. The molecule has 26 heavy (non-hydrogen) atoms. The van der Waals surface area contributed by atoms with Gasteiger partial charge in [-0.15, -0.1) is 11.8 Å². The van der Waals surface area contributed by atoms with Crippen LogP contribution in [0.2, 0.25) is 0 Å². The van der Waals surface area contributed by atoms with Crippen molar-refractivity contribution in [2.24, 2.45) is 4.99 Å². The van der Waals surface area contributed by atoms with Crippen molar-refractivity contribution in [2.45, 2.75) is 24.5 Å². The fourth-order valence-corrected chi connectivity index (χ4v) is 3.28. The smallest absolute Gasteiger partial charge is 0.191 e. The highest BCUT2D eigenvalue weighted by Gasteiger charge is 2.03. The number of methoxy groups -OCH3 is 1. The van der Waals surface area contributed by atoms with Gasteiger partial charge < -0.3 is 15.4 Å². The first-order chi connectivity index (χ1) is 12.7. The molecule has 0 unspecified atom stereocenters. The second kappa shape index (κ2) is 11.5. The van der Waals surface area contributed by atoms with Crippen LogP contribution in [0.3, 0.4) is 0 Å². The van der Waals surface area contributed by atoms with Crippen LogP contribution in [0.15, 0.2) is 58.4 Å². The largest absolute Gasteiger partial charge is 0.380 e. The molecule has 0 amide bonds. The molecule has 0 aromatic heterocycles. The second-order valence-corrected chi connectivity index (χ2v) is 6.88. The first-order valence-corrected chi connectivity index (χ1v) is 9.60. The van der Waals surface area contributed by atoms with E-state index in [1.807, 2.05) is 24.3 Å². The summed E-state index contributed by atoms with van der Waals surface area (Å²) in [5, 5.41) is 6.66. The highest BCUT2D eigenvalue weighted by Crippen LogP contribution is 2.18. The molecule has 0 bridgehead atoms. The Bertz CT molecular complexity index is 692. The Hall–Kier alpha value is -2.05. The molecule has 6 heteroatoms. The van der Waals surface area contributed by atoms with E-state index in [1.165, 1.54) is 23.3 Å². The van der Waals surface area contributed by atoms with Crippen molar-refractivity contribution in [3.63, 3.8) is 0 Å². The summed E-state index contributed by atoms with van der Waals surface area (Å²) in [7, 11) is 3.47. The van der Waals surface area contributed by atoms with Crippen LogP contribution >= 0.6 is 11.8 Å². The third-order valence-electron chi connectivity index (χ3n) is 3.78. The molecule has 0 radical (unpaired) electrons. The number of aliphatic imine (C=N–C) groups is 1. The van der Waals surface area contributed by atoms with Crippen LogP contribution in [0, 0.1) is 5.82 Å². The van der Waals surface area contributed by atoms with Gasteiger partial charge >= 0.3 is 0 Å². The molecule has 2 rings (SSSR count). The Balaban J connectivity index is 1.68. The Kier molecular flexibility index (Phi) is 9.00. The summed E-state index contributed by atoms with van der Waals surface area (Å²) >= 11 is 1.73. The summed E-state index contributed by atoms with van der Waals surface area (Å²) in [4.78, 5) is 5.35. The number of guanidine groups is 1. The summed E-state index contributed by atoms with van der Waals surface area (Å²) in [5.41, 5.74) is 2.37. The maximum atomic E-state index is 12.9. The van der Waals surface area contributed by atoms with Crippen molar-refractivity contribution in [1.29, 1.82) is 0 Å². The zero-order valence-electron chi connectivity index (χ0n) is 15.3. The molecule has 2 aromatic rings. The van der Waals surface area contributed by atoms with E-state index in [0.717, 1.165) is 29.6 Å². The summed E-state index contributed by atoms with van der Waals surface area (Å²) in [6, 6.07) is 14.8. The lowest BCUT2D eigenvalue weighted by atomic mass is 10.1. The normalized spacial score (nSPS) is 11.4. The molecule has 0 aliphatic rings. The summed E-state index contributed by atoms with van der Waals surface area (Å²) in [6.07, 6.45) is 0.989. The molecular weight excluding hydrogens is 349 g/mol. The molecule has 2 aromatic carbocycles. The van der Waals surface area contributed by atoms with Crippen molar-refractivity contribution in [2.75, 3.05) is 26.5 Å². The first-order valence-electron chi connectivity index (χ1n) is 8.61. The zero-order chi connectivity index (χ0) is 18.6. The van der Waals surface area contributed by atoms with Gasteiger partial charge in [0.05, 0.1) is 6.61 Å². The lowest BCUT2D eigenvalue weighted by Crippen LogP contribution is -2.37. The Labute approximate surface area is 159 Å². The minimum Gasteiger partial charge on any atom is -0.380 e. The minimum absolute atomic E-state index is 0.196. The Morgan fingerprint density at radius 3 is 2.50 bits per heavy atom. The van der Waals surface area contributed by atoms with Crippen LogP contribution in [0.5, 0.6) is 0 Å². The number of thioether (sulfide) groups is 1. The van der Waals surface area contributed by atoms with Gasteiger partial charge in [0.1, 0.15) is 5.82 Å². The van der Waals surface area contributed by atoms with Crippen molar-refractivity contribution in [1.82, 2.24) is 10.6 Å². The quantitative estimate of drug-likeness (QED) is 0.303. The van der Waals surface area contributed by atoms with Gasteiger partial charge in [-0.3, -0.25) is 4.99 Å².